The lowest BCUT2D eigenvalue weighted by Gasteiger charge is -2.39. The maximum Gasteiger partial charge on any atom is 0.153 e. The molecule has 2 aliphatic rings. The van der Waals surface area contributed by atoms with Crippen LogP contribution >= 0.6 is 0 Å². The van der Waals surface area contributed by atoms with Gasteiger partial charge >= 0.3 is 0 Å². The van der Waals surface area contributed by atoms with Crippen molar-refractivity contribution >= 4 is 28.4 Å². The van der Waals surface area contributed by atoms with Crippen molar-refractivity contribution in [2.45, 2.75) is 57.2 Å². The standard InChI is InChI=1S/C23H27N7/c1-3-4-10-30-17-7-8-18(30)13-16(12-17)25-23-19-6-5-9-24-20(19)14-21(27-23)26-22-11-15(2)28-29-22/h1,5-6,9,11,14,16-18H,4,7-8,10,12-13H2,2H3,(H3,25,26,27,28,29)/t16?,17-,18+. The molecule has 3 N–H and O–H groups in total. The van der Waals surface area contributed by atoms with Crippen molar-refractivity contribution in [1.29, 1.82) is 0 Å². The number of nitrogens with zero attached hydrogens (tertiary/aromatic N) is 4. The molecule has 2 fully saturated rings. The van der Waals surface area contributed by atoms with E-state index in [1.165, 1.54) is 12.8 Å². The summed E-state index contributed by atoms with van der Waals surface area (Å²) in [6.07, 6.45) is 12.9. The number of piperidine rings is 1. The third kappa shape index (κ3) is 3.71. The molecular formula is C23H27N7. The van der Waals surface area contributed by atoms with Crippen LogP contribution in [0.15, 0.2) is 30.5 Å². The Morgan fingerprint density at radius 2 is 2.07 bits per heavy atom. The van der Waals surface area contributed by atoms with Gasteiger partial charge in [-0.1, -0.05) is 0 Å². The van der Waals surface area contributed by atoms with Gasteiger partial charge in [0, 0.05) is 60.5 Å². The average Bonchev–Trinajstić information content (AvgIpc) is 3.25. The molecule has 3 aromatic rings. The zero-order valence-corrected chi connectivity index (χ0v) is 17.2. The van der Waals surface area contributed by atoms with Crippen molar-refractivity contribution in [3.63, 3.8) is 0 Å². The van der Waals surface area contributed by atoms with Gasteiger partial charge in [-0.15, -0.1) is 12.3 Å². The summed E-state index contributed by atoms with van der Waals surface area (Å²) < 4.78 is 0. The highest BCUT2D eigenvalue weighted by Crippen LogP contribution is 2.37. The van der Waals surface area contributed by atoms with Crippen LogP contribution in [0, 0.1) is 19.3 Å². The highest BCUT2D eigenvalue weighted by molar-refractivity contribution is 5.91. The average molecular weight is 402 g/mol. The molecule has 2 saturated heterocycles. The number of aromatic amines is 1. The third-order valence-electron chi connectivity index (χ3n) is 6.30. The van der Waals surface area contributed by atoms with E-state index in [2.05, 4.69) is 42.7 Å². The van der Waals surface area contributed by atoms with E-state index in [1.54, 1.807) is 0 Å². The van der Waals surface area contributed by atoms with Crippen molar-refractivity contribution in [2.75, 3.05) is 17.2 Å². The zero-order chi connectivity index (χ0) is 20.5. The first-order chi connectivity index (χ1) is 14.7. The number of terminal acetylenes is 1. The van der Waals surface area contributed by atoms with Crippen LogP contribution in [0.25, 0.3) is 10.9 Å². The number of H-pyrrole nitrogens is 1. The van der Waals surface area contributed by atoms with Crippen LogP contribution in [-0.2, 0) is 0 Å². The molecule has 0 aliphatic carbocycles. The van der Waals surface area contributed by atoms with E-state index in [0.29, 0.717) is 18.1 Å². The summed E-state index contributed by atoms with van der Waals surface area (Å²) in [5.41, 5.74) is 1.92. The molecule has 5 rings (SSSR count). The Bertz CT molecular complexity index is 1070. The van der Waals surface area contributed by atoms with Crippen LogP contribution in [-0.4, -0.2) is 49.7 Å². The van der Waals surface area contributed by atoms with Crippen molar-refractivity contribution in [1.82, 2.24) is 25.1 Å². The fourth-order valence-corrected chi connectivity index (χ4v) is 5.01. The van der Waals surface area contributed by atoms with E-state index in [-0.39, 0.29) is 0 Å². The first-order valence-electron chi connectivity index (χ1n) is 10.7. The van der Waals surface area contributed by atoms with Gasteiger partial charge in [0.2, 0.25) is 0 Å². The number of anilines is 3. The van der Waals surface area contributed by atoms with Crippen LogP contribution in [0.4, 0.5) is 17.5 Å². The number of hydrogen-bond acceptors (Lipinski definition) is 6. The molecule has 0 aromatic carbocycles. The van der Waals surface area contributed by atoms with E-state index in [9.17, 15) is 0 Å². The lowest BCUT2D eigenvalue weighted by molar-refractivity contribution is 0.136. The van der Waals surface area contributed by atoms with Crippen LogP contribution in [0.3, 0.4) is 0 Å². The first kappa shape index (κ1) is 18.9. The predicted molar refractivity (Wildman–Crippen MR) is 120 cm³/mol. The lowest BCUT2D eigenvalue weighted by Crippen LogP contribution is -2.47. The Morgan fingerprint density at radius 3 is 2.80 bits per heavy atom. The second-order valence-corrected chi connectivity index (χ2v) is 8.38. The van der Waals surface area contributed by atoms with Crippen LogP contribution in [0.5, 0.6) is 0 Å². The molecule has 2 aliphatic heterocycles. The SMILES string of the molecule is C#CCCN1[C@@H]2CC[C@H]1CC(Nc1nc(Nc3cc(C)[nH]n3)cc3ncccc13)C2. The van der Waals surface area contributed by atoms with Gasteiger partial charge in [-0.05, 0) is 44.7 Å². The maximum absolute atomic E-state index is 5.49. The number of fused-ring (bicyclic) bond motifs is 3. The highest BCUT2D eigenvalue weighted by atomic mass is 15.2. The molecular weight excluding hydrogens is 374 g/mol. The van der Waals surface area contributed by atoms with Gasteiger partial charge in [-0.2, -0.15) is 5.10 Å². The van der Waals surface area contributed by atoms with E-state index >= 15 is 0 Å². The van der Waals surface area contributed by atoms with Crippen molar-refractivity contribution < 1.29 is 0 Å². The van der Waals surface area contributed by atoms with Gasteiger partial charge < -0.3 is 10.6 Å². The van der Waals surface area contributed by atoms with E-state index in [0.717, 1.165) is 59.9 Å². The summed E-state index contributed by atoms with van der Waals surface area (Å²) in [6.45, 7) is 3.00. The number of pyridine rings is 2. The van der Waals surface area contributed by atoms with Gasteiger partial charge in [0.1, 0.15) is 11.6 Å². The molecule has 0 amide bonds. The molecule has 2 bridgehead atoms. The van der Waals surface area contributed by atoms with Gasteiger partial charge in [0.05, 0.1) is 5.52 Å². The summed E-state index contributed by atoms with van der Waals surface area (Å²) in [6, 6.07) is 9.61. The zero-order valence-electron chi connectivity index (χ0n) is 17.2. The molecule has 7 nitrogen and oxygen atoms in total. The monoisotopic (exact) mass is 401 g/mol. The summed E-state index contributed by atoms with van der Waals surface area (Å²) in [7, 11) is 0. The molecule has 30 heavy (non-hydrogen) atoms. The molecule has 0 spiro atoms. The number of rotatable bonds is 6. The van der Waals surface area contributed by atoms with Gasteiger partial charge in [0.25, 0.3) is 0 Å². The number of aryl methyl sites for hydroxylation is 1. The first-order valence-corrected chi connectivity index (χ1v) is 10.7. The van der Waals surface area contributed by atoms with E-state index in [4.69, 9.17) is 11.4 Å². The minimum absolute atomic E-state index is 0.406. The minimum Gasteiger partial charge on any atom is -0.367 e. The second kappa shape index (κ2) is 7.96. The molecule has 0 saturated carbocycles. The molecule has 3 aromatic heterocycles. The number of hydrogen-bond donors (Lipinski definition) is 3. The topological polar surface area (TPSA) is 81.8 Å². The summed E-state index contributed by atoms with van der Waals surface area (Å²) in [5, 5.41) is 15.3. The molecule has 5 heterocycles. The fourth-order valence-electron chi connectivity index (χ4n) is 5.01. The Balaban J connectivity index is 1.38. The molecule has 0 radical (unpaired) electrons. The number of aromatic nitrogens is 4. The van der Waals surface area contributed by atoms with Gasteiger partial charge in [-0.3, -0.25) is 15.0 Å². The summed E-state index contributed by atoms with van der Waals surface area (Å²) in [5.74, 6) is 5.17. The molecule has 7 heteroatoms. The minimum atomic E-state index is 0.406. The van der Waals surface area contributed by atoms with Crippen LogP contribution < -0.4 is 10.6 Å². The van der Waals surface area contributed by atoms with Crippen molar-refractivity contribution in [2.24, 2.45) is 0 Å². The quantitative estimate of drug-likeness (QED) is 0.545. The van der Waals surface area contributed by atoms with Crippen LogP contribution in [0.1, 0.15) is 37.8 Å². The molecule has 154 valence electrons. The summed E-state index contributed by atoms with van der Waals surface area (Å²) in [4.78, 5) is 12.1. The van der Waals surface area contributed by atoms with E-state index < -0.39 is 0 Å². The third-order valence-corrected chi connectivity index (χ3v) is 6.30. The Morgan fingerprint density at radius 1 is 1.23 bits per heavy atom. The van der Waals surface area contributed by atoms with Crippen LogP contribution in [0.2, 0.25) is 0 Å². The largest absolute Gasteiger partial charge is 0.367 e. The normalized spacial score (nSPS) is 23.4. The maximum atomic E-state index is 5.49. The molecule has 3 atom stereocenters. The number of nitrogens with one attached hydrogen (secondary N) is 3. The molecule has 1 unspecified atom stereocenters. The Kier molecular flexibility index (Phi) is 5.01. The Hall–Kier alpha value is -3.11. The second-order valence-electron chi connectivity index (χ2n) is 8.38. The smallest absolute Gasteiger partial charge is 0.153 e. The van der Waals surface area contributed by atoms with Gasteiger partial charge in [-0.25, -0.2) is 4.98 Å². The fraction of sp³-hybridized carbons (Fsp3) is 0.435. The highest BCUT2D eigenvalue weighted by Gasteiger charge is 2.40. The predicted octanol–water partition coefficient (Wildman–Crippen LogP) is 3.84. The van der Waals surface area contributed by atoms with Gasteiger partial charge in [0.15, 0.2) is 5.82 Å². The lowest BCUT2D eigenvalue weighted by atomic mass is 9.97. The van der Waals surface area contributed by atoms with Crippen molar-refractivity contribution in [3.8, 4) is 12.3 Å². The van der Waals surface area contributed by atoms with E-state index in [1.807, 2.05) is 31.3 Å². The Labute approximate surface area is 176 Å². The summed E-state index contributed by atoms with van der Waals surface area (Å²) >= 11 is 0. The van der Waals surface area contributed by atoms with Crippen molar-refractivity contribution in [3.05, 3.63) is 36.2 Å².